The van der Waals surface area contributed by atoms with Crippen molar-refractivity contribution in [3.05, 3.63) is 165 Å². The van der Waals surface area contributed by atoms with Gasteiger partial charge in [0.05, 0.1) is 0 Å². The van der Waals surface area contributed by atoms with Crippen LogP contribution in [0.5, 0.6) is 0 Å². The molecule has 0 spiro atoms. The zero-order valence-corrected chi connectivity index (χ0v) is 55.8. The fourth-order valence-electron chi connectivity index (χ4n) is 9.41. The van der Waals surface area contributed by atoms with Crippen molar-refractivity contribution in [2.45, 2.75) is 223 Å². The Morgan fingerprint density at radius 2 is 0.676 bits per heavy atom. The molecule has 0 unspecified atom stereocenters. The van der Waals surface area contributed by atoms with Crippen LogP contribution in [0.3, 0.4) is 0 Å². The van der Waals surface area contributed by atoms with Gasteiger partial charge in [-0.05, 0) is 34.8 Å². The third-order valence-corrected chi connectivity index (χ3v) is 17.1. The predicted molar refractivity (Wildman–Crippen MR) is 309 cm³/mol. The van der Waals surface area contributed by atoms with Crippen molar-refractivity contribution >= 4 is 6.41 Å². The third kappa shape index (κ3) is 19.7. The predicted octanol–water partition coefficient (Wildman–Crippen LogP) is 13.3. The summed E-state index contributed by atoms with van der Waals surface area (Å²) in [5, 5.41) is 0. The Morgan fingerprint density at radius 1 is 0.378 bits per heavy atom. The molecule has 2 saturated carbocycles. The van der Waals surface area contributed by atoms with Gasteiger partial charge in [-0.15, -0.1) is 24.0 Å². The van der Waals surface area contributed by atoms with E-state index in [0.29, 0.717) is 10.8 Å². The van der Waals surface area contributed by atoms with E-state index in [-0.39, 0.29) is 46.5 Å². The van der Waals surface area contributed by atoms with E-state index >= 15 is 0 Å². The summed E-state index contributed by atoms with van der Waals surface area (Å²) in [4.78, 5) is 0. The van der Waals surface area contributed by atoms with E-state index in [0.717, 1.165) is 25.7 Å². The summed E-state index contributed by atoms with van der Waals surface area (Å²) in [7, 11) is 0. The van der Waals surface area contributed by atoms with Gasteiger partial charge in [0.25, 0.3) is 0 Å². The first-order valence-electron chi connectivity index (χ1n) is 27.4. The average molecular weight is 1190 g/mol. The molecule has 0 N–H and O–H groups in total. The first kappa shape index (κ1) is 66.2. The van der Waals surface area contributed by atoms with Gasteiger partial charge in [-0.2, -0.15) is 82.0 Å². The van der Waals surface area contributed by atoms with Gasteiger partial charge >= 0.3 is 106 Å². The van der Waals surface area contributed by atoms with Gasteiger partial charge in [0.1, 0.15) is 0 Å². The monoisotopic (exact) mass is 1180 g/mol. The van der Waals surface area contributed by atoms with Crippen LogP contribution in [0.2, 0.25) is 0 Å². The first-order chi connectivity index (χ1) is 33.3. The molecule has 0 atom stereocenters. The second kappa shape index (κ2) is 27.7. The molecule has 4 heteroatoms. The number of hydrogen-bond donors (Lipinski definition) is 0. The number of benzene rings is 4. The standard InChI is InChI=1S/2C21H25.2C9H13.2C5H8.2ClH.2Zr/c2*1-20(2,3)16-9-7-14-11-15-8-10-17(21(4,5)6)13-19(15)18(14)12-16;2*1-9(2,3)8-6-4-5-7-8;2*1-2-4-5-3-1;;;;/h2*7,9-10,12-13H,11H2,1-6H3;2*6-7H,4H2,1-3H3;2*1-4H2;2*1H;;/q4*-1;;;;;2*+2/p-2. The summed E-state index contributed by atoms with van der Waals surface area (Å²) < 4.78 is 3.59. The van der Waals surface area contributed by atoms with E-state index in [4.69, 9.17) is 0 Å². The second-order valence-electron chi connectivity index (χ2n) is 27.2. The molecule has 0 amide bonds. The SMILES string of the molecule is CC(C)(C)C1=CC[C-]=C1.CC(C)(C)C1=CC[C-]=C1.CC(C)(C)c1c[c-]c2c(c1)-c1cc(C(C)(C)C)ccc1C2.CC(C)(C)c1c[c-]c2c(c1)-c1cc(C(C)(C)C)ccc1C2.[Cl-].[Cl-].[Zr+2]=[C]1CCCC1.[Zr+2]=[C]1CCCC1. The third-order valence-electron chi connectivity index (χ3n) is 14.6. The minimum atomic E-state index is 0. The van der Waals surface area contributed by atoms with Crippen LogP contribution in [-0.4, -0.2) is 6.41 Å². The first-order valence-corrected chi connectivity index (χ1v) is 29.8. The van der Waals surface area contributed by atoms with E-state index in [1.54, 1.807) is 54.9 Å². The van der Waals surface area contributed by atoms with Crippen LogP contribution >= 0.6 is 0 Å². The van der Waals surface area contributed by atoms with Crippen molar-refractivity contribution in [3.63, 3.8) is 0 Å². The summed E-state index contributed by atoms with van der Waals surface area (Å²) in [5.74, 6) is 0. The molecule has 6 aliphatic carbocycles. The van der Waals surface area contributed by atoms with Crippen LogP contribution < -0.4 is 24.8 Å². The van der Waals surface area contributed by atoms with Crippen LogP contribution in [-0.2, 0) is 83.0 Å². The van der Waals surface area contributed by atoms with E-state index in [1.165, 1.54) is 129 Å². The number of halogens is 2. The van der Waals surface area contributed by atoms with Crippen molar-refractivity contribution < 1.29 is 73.3 Å². The number of allylic oxidation sites excluding steroid dienone is 8. The molecule has 4 aromatic carbocycles. The zero-order valence-electron chi connectivity index (χ0n) is 49.3. The molecule has 10 rings (SSSR count). The van der Waals surface area contributed by atoms with Crippen molar-refractivity contribution in [2.75, 3.05) is 0 Å². The molecular formula is C70H92Cl2Zr2-2. The van der Waals surface area contributed by atoms with Crippen LogP contribution in [0.1, 0.15) is 233 Å². The van der Waals surface area contributed by atoms with Gasteiger partial charge in [0.2, 0.25) is 0 Å². The van der Waals surface area contributed by atoms with Crippen molar-refractivity contribution in [1.29, 1.82) is 0 Å². The maximum absolute atomic E-state index is 3.53. The molecule has 0 aromatic heterocycles. The van der Waals surface area contributed by atoms with Gasteiger partial charge in [0.15, 0.2) is 0 Å². The summed E-state index contributed by atoms with van der Waals surface area (Å²) in [6, 6.07) is 30.1. The summed E-state index contributed by atoms with van der Waals surface area (Å²) in [5.41, 5.74) is 21.0. The van der Waals surface area contributed by atoms with Crippen LogP contribution in [0, 0.1) is 35.1 Å². The van der Waals surface area contributed by atoms with Gasteiger partial charge < -0.3 is 24.8 Å². The van der Waals surface area contributed by atoms with Gasteiger partial charge in [-0.1, -0.05) is 205 Å². The molecule has 6 aliphatic rings. The van der Waals surface area contributed by atoms with E-state index in [2.05, 4.69) is 234 Å². The fourth-order valence-corrected chi connectivity index (χ4v) is 11.1. The van der Waals surface area contributed by atoms with Crippen LogP contribution in [0.15, 0.2) is 96.1 Å². The minimum absolute atomic E-state index is 0. The molecule has 2 fully saturated rings. The summed E-state index contributed by atoms with van der Waals surface area (Å²) >= 11 is 3.36. The van der Waals surface area contributed by atoms with E-state index in [9.17, 15) is 0 Å². The zero-order chi connectivity index (χ0) is 53.5. The second-order valence-corrected chi connectivity index (χ2v) is 30.7. The molecule has 0 saturated heterocycles. The molecule has 74 heavy (non-hydrogen) atoms. The Balaban J connectivity index is 0.000000251. The molecule has 0 heterocycles. The van der Waals surface area contributed by atoms with Crippen molar-refractivity contribution in [1.82, 2.24) is 0 Å². The number of rotatable bonds is 0. The molecule has 4 aromatic rings. The van der Waals surface area contributed by atoms with Gasteiger partial charge in [0, 0.05) is 0 Å². The number of hydrogen-bond acceptors (Lipinski definition) is 0. The Morgan fingerprint density at radius 3 is 0.892 bits per heavy atom. The van der Waals surface area contributed by atoms with E-state index in [1.807, 2.05) is 0 Å². The fraction of sp³-hybridized carbons (Fsp3) is 0.514. The molecule has 0 nitrogen and oxygen atoms in total. The Kier molecular flexibility index (Phi) is 24.8. The molecule has 396 valence electrons. The van der Waals surface area contributed by atoms with Crippen LogP contribution in [0.25, 0.3) is 22.3 Å². The quantitative estimate of drug-likeness (QED) is 0.133. The van der Waals surface area contributed by atoms with Crippen LogP contribution in [0.4, 0.5) is 0 Å². The topological polar surface area (TPSA) is 0 Å². The molecule has 0 radical (unpaired) electrons. The van der Waals surface area contributed by atoms with Gasteiger partial charge in [-0.3, -0.25) is 12.2 Å². The van der Waals surface area contributed by atoms with Gasteiger partial charge in [-0.25, -0.2) is 12.2 Å². The number of fused-ring (bicyclic) bond motifs is 6. The molecule has 0 aliphatic heterocycles. The van der Waals surface area contributed by atoms with E-state index < -0.39 is 0 Å². The Bertz CT molecular complexity index is 2330. The van der Waals surface area contributed by atoms with Crippen molar-refractivity contribution in [3.8, 4) is 22.3 Å². The normalized spacial score (nSPS) is 16.1. The molecule has 0 bridgehead atoms. The molecular weight excluding hydrogens is 1090 g/mol. The average Bonchev–Trinajstić information content (AvgIpc) is 4.14. The summed E-state index contributed by atoms with van der Waals surface area (Å²) in [6.07, 6.45) is 30.7. The Labute approximate surface area is 496 Å². The van der Waals surface area contributed by atoms with Crippen molar-refractivity contribution in [2.24, 2.45) is 10.8 Å². The Hall–Kier alpha value is -2.07. The summed E-state index contributed by atoms with van der Waals surface area (Å²) in [6.45, 7) is 40.6. The maximum atomic E-state index is 3.53.